The summed E-state index contributed by atoms with van der Waals surface area (Å²) in [4.78, 5) is 13.0. The first-order valence-electron chi connectivity index (χ1n) is 9.24. The molecule has 1 amide bonds. The Morgan fingerprint density at radius 3 is 2.76 bits per heavy atom. The van der Waals surface area contributed by atoms with Gasteiger partial charge in [0.15, 0.2) is 5.11 Å². The summed E-state index contributed by atoms with van der Waals surface area (Å²) < 4.78 is 12.3. The normalized spacial score (nSPS) is 16.0. The fourth-order valence-corrected chi connectivity index (χ4v) is 4.70. The third-order valence-electron chi connectivity index (χ3n) is 4.54. The highest BCUT2D eigenvalue weighted by Crippen LogP contribution is 2.35. The molecule has 2 heterocycles. The van der Waals surface area contributed by atoms with Gasteiger partial charge in [0.1, 0.15) is 17.2 Å². The summed E-state index contributed by atoms with van der Waals surface area (Å²) in [5.74, 6) is 0.434. The van der Waals surface area contributed by atoms with Gasteiger partial charge in [0.25, 0.3) is 5.91 Å². The van der Waals surface area contributed by atoms with Gasteiger partial charge >= 0.3 is 0 Å². The van der Waals surface area contributed by atoms with Crippen LogP contribution < -0.4 is 15.4 Å². The van der Waals surface area contributed by atoms with E-state index in [1.54, 1.807) is 0 Å². The Morgan fingerprint density at radius 1 is 1.24 bits per heavy atom. The number of nitrogens with one attached hydrogen (secondary N) is 2. The van der Waals surface area contributed by atoms with Crippen molar-refractivity contribution in [1.29, 1.82) is 0 Å². The number of rotatable bonds is 5. The number of anilines is 1. The van der Waals surface area contributed by atoms with Crippen LogP contribution in [-0.4, -0.2) is 30.3 Å². The van der Waals surface area contributed by atoms with Crippen LogP contribution >= 0.6 is 35.2 Å². The van der Waals surface area contributed by atoms with Crippen LogP contribution in [0.3, 0.4) is 0 Å². The second kappa shape index (κ2) is 9.09. The lowest BCUT2D eigenvalue weighted by Crippen LogP contribution is -2.33. The number of thiocarbonyl (C=S) groups is 1. The van der Waals surface area contributed by atoms with Crippen molar-refractivity contribution in [2.24, 2.45) is 0 Å². The molecule has 1 aliphatic heterocycles. The number of ether oxygens (including phenoxy) is 2. The maximum atomic E-state index is 12.6. The number of halogens is 1. The number of carbonyl (C=O) groups is 1. The second-order valence-electron chi connectivity index (χ2n) is 6.62. The maximum absolute atomic E-state index is 12.6. The second-order valence-corrected chi connectivity index (χ2v) is 8.46. The Morgan fingerprint density at radius 2 is 2.03 bits per heavy atom. The van der Waals surface area contributed by atoms with Crippen LogP contribution in [0, 0.1) is 0 Å². The number of benzene rings is 2. The van der Waals surface area contributed by atoms with Gasteiger partial charge in [0, 0.05) is 22.4 Å². The fourth-order valence-electron chi connectivity index (χ4n) is 3.08. The number of fused-ring (bicyclic) bond motifs is 1. The van der Waals surface area contributed by atoms with E-state index in [4.69, 9.17) is 33.3 Å². The Kier molecular flexibility index (Phi) is 6.30. The molecule has 1 aromatic heterocycles. The van der Waals surface area contributed by atoms with Gasteiger partial charge in [-0.2, -0.15) is 0 Å². The van der Waals surface area contributed by atoms with E-state index in [9.17, 15) is 4.79 Å². The molecular weight excluding hydrogens is 428 g/mol. The van der Waals surface area contributed by atoms with Crippen LogP contribution in [0.2, 0.25) is 5.02 Å². The zero-order valence-electron chi connectivity index (χ0n) is 15.4. The average molecular weight is 447 g/mol. The van der Waals surface area contributed by atoms with Crippen LogP contribution in [0.4, 0.5) is 5.69 Å². The number of carbonyl (C=O) groups excluding carboxylic acids is 1. The van der Waals surface area contributed by atoms with Gasteiger partial charge < -0.3 is 14.8 Å². The van der Waals surface area contributed by atoms with Gasteiger partial charge in [-0.15, -0.1) is 11.3 Å². The molecule has 2 aromatic carbocycles. The Balaban J connectivity index is 1.32. The van der Waals surface area contributed by atoms with E-state index in [2.05, 4.69) is 10.6 Å². The lowest BCUT2D eigenvalue weighted by molar-refractivity contribution is 0.0679. The largest absolute Gasteiger partial charge is 0.491 e. The summed E-state index contributed by atoms with van der Waals surface area (Å²) in [5, 5.41) is 7.20. The molecule has 8 heteroatoms. The molecule has 0 saturated carbocycles. The minimum Gasteiger partial charge on any atom is -0.491 e. The molecule has 1 saturated heterocycles. The van der Waals surface area contributed by atoms with Crippen molar-refractivity contribution in [3.63, 3.8) is 0 Å². The monoisotopic (exact) mass is 446 g/mol. The summed E-state index contributed by atoms with van der Waals surface area (Å²) in [7, 11) is 0. The third kappa shape index (κ3) is 4.87. The molecule has 0 bridgehead atoms. The first-order chi connectivity index (χ1) is 14.1. The molecule has 1 fully saturated rings. The molecule has 0 aliphatic carbocycles. The Hall–Kier alpha value is -2.19. The van der Waals surface area contributed by atoms with Crippen molar-refractivity contribution in [3.05, 3.63) is 58.4 Å². The van der Waals surface area contributed by atoms with Gasteiger partial charge in [0.05, 0.1) is 11.1 Å². The van der Waals surface area contributed by atoms with Crippen molar-refractivity contribution in [3.8, 4) is 5.75 Å². The predicted molar refractivity (Wildman–Crippen MR) is 121 cm³/mol. The molecule has 0 radical (unpaired) electrons. The fraction of sp³-hybridized carbons (Fsp3) is 0.238. The Labute approximate surface area is 183 Å². The lowest BCUT2D eigenvalue weighted by atomic mass is 10.2. The number of thiophene rings is 1. The number of hydrogen-bond acceptors (Lipinski definition) is 5. The summed E-state index contributed by atoms with van der Waals surface area (Å²) in [6, 6.07) is 15.0. The van der Waals surface area contributed by atoms with Crippen molar-refractivity contribution in [2.75, 3.05) is 18.5 Å². The van der Waals surface area contributed by atoms with Gasteiger partial charge in [-0.05, 0) is 55.4 Å². The van der Waals surface area contributed by atoms with E-state index >= 15 is 0 Å². The molecule has 1 unspecified atom stereocenters. The highest BCUT2D eigenvalue weighted by molar-refractivity contribution is 7.80. The number of hydrogen-bond donors (Lipinski definition) is 2. The Bertz CT molecular complexity index is 1030. The van der Waals surface area contributed by atoms with Crippen molar-refractivity contribution in [1.82, 2.24) is 5.32 Å². The quantitative estimate of drug-likeness (QED) is 0.525. The molecule has 29 heavy (non-hydrogen) atoms. The van der Waals surface area contributed by atoms with Crippen LogP contribution in [-0.2, 0) is 4.74 Å². The SMILES string of the molecule is O=C(NC(=S)Nc1ccc(OCC2CCCO2)cc1)c1sc2ccccc2c1Cl. The molecule has 1 atom stereocenters. The lowest BCUT2D eigenvalue weighted by Gasteiger charge is -2.12. The molecule has 4 rings (SSSR count). The van der Waals surface area contributed by atoms with Gasteiger partial charge in [-0.1, -0.05) is 29.8 Å². The van der Waals surface area contributed by atoms with Gasteiger partial charge in [-0.3, -0.25) is 10.1 Å². The molecule has 2 N–H and O–H groups in total. The minimum atomic E-state index is -0.329. The standard InChI is InChI=1S/C21H19ClN2O3S2/c22-18-16-5-1-2-6-17(16)29-19(18)20(25)24-21(28)23-13-7-9-14(10-8-13)27-12-15-4-3-11-26-15/h1-2,5-10,15H,3-4,11-12H2,(H2,23,24,25,28). The van der Waals surface area contributed by atoms with Gasteiger partial charge in [0.2, 0.25) is 0 Å². The highest BCUT2D eigenvalue weighted by atomic mass is 35.5. The van der Waals surface area contributed by atoms with Crippen LogP contribution in [0.5, 0.6) is 5.75 Å². The van der Waals surface area contributed by atoms with Crippen molar-refractivity contribution >= 4 is 61.9 Å². The molecule has 150 valence electrons. The first kappa shape index (κ1) is 20.1. The van der Waals surface area contributed by atoms with E-state index < -0.39 is 0 Å². The van der Waals surface area contributed by atoms with Crippen LogP contribution in [0.25, 0.3) is 10.1 Å². The highest BCUT2D eigenvalue weighted by Gasteiger charge is 2.18. The third-order valence-corrected chi connectivity index (χ3v) is 6.42. The molecule has 5 nitrogen and oxygen atoms in total. The molecule has 1 aliphatic rings. The summed E-state index contributed by atoms with van der Waals surface area (Å²) >= 11 is 13.0. The summed E-state index contributed by atoms with van der Waals surface area (Å²) in [5.41, 5.74) is 0.752. The zero-order valence-corrected chi connectivity index (χ0v) is 17.8. The van der Waals surface area contributed by atoms with E-state index in [0.29, 0.717) is 16.5 Å². The zero-order chi connectivity index (χ0) is 20.2. The molecule has 3 aromatic rings. The van der Waals surface area contributed by atoms with Gasteiger partial charge in [-0.25, -0.2) is 0 Å². The van der Waals surface area contributed by atoms with Crippen molar-refractivity contribution in [2.45, 2.75) is 18.9 Å². The predicted octanol–water partition coefficient (Wildman–Crippen LogP) is 5.24. The van der Waals surface area contributed by atoms with E-state index in [-0.39, 0.29) is 17.1 Å². The van der Waals surface area contributed by atoms with E-state index in [1.807, 2.05) is 48.5 Å². The first-order valence-corrected chi connectivity index (χ1v) is 10.8. The number of amides is 1. The summed E-state index contributed by atoms with van der Waals surface area (Å²) in [6.45, 7) is 1.37. The van der Waals surface area contributed by atoms with Crippen LogP contribution in [0.1, 0.15) is 22.5 Å². The maximum Gasteiger partial charge on any atom is 0.269 e. The van der Waals surface area contributed by atoms with Crippen LogP contribution in [0.15, 0.2) is 48.5 Å². The molecule has 0 spiro atoms. The summed E-state index contributed by atoms with van der Waals surface area (Å²) in [6.07, 6.45) is 2.31. The minimum absolute atomic E-state index is 0.177. The topological polar surface area (TPSA) is 59.6 Å². The van der Waals surface area contributed by atoms with E-state index in [1.165, 1.54) is 11.3 Å². The average Bonchev–Trinajstić information content (AvgIpc) is 3.36. The van der Waals surface area contributed by atoms with E-state index in [0.717, 1.165) is 41.0 Å². The smallest absolute Gasteiger partial charge is 0.269 e. The molecular formula is C21H19ClN2O3S2. The van der Waals surface area contributed by atoms with Crippen molar-refractivity contribution < 1.29 is 14.3 Å².